The molecule has 0 aliphatic rings. The molecule has 0 N–H and O–H groups in total. The summed E-state index contributed by atoms with van der Waals surface area (Å²) in [7, 11) is -2.63. The Bertz CT molecular complexity index is 2430. The SMILES string of the molecule is COc1ccc2cc(C(OC)(OC)c3ccc(Oc4ccc([S+](c5ccccc5)c5ccccc5)cc4)cc3)ccc2c1.O=S(=O)([O-])C(F)(F)C(F)(F)C(F)(F)C(F)(F)F. The molecule has 0 saturated heterocycles. The molecule has 7 nitrogen and oxygen atoms in total. The van der Waals surface area contributed by atoms with Crippen LogP contribution in [0.5, 0.6) is 17.2 Å². The predicted molar refractivity (Wildman–Crippen MR) is 204 cm³/mol. The molecule has 60 heavy (non-hydrogen) atoms. The van der Waals surface area contributed by atoms with Gasteiger partial charge in [0.1, 0.15) is 17.2 Å². The average Bonchev–Trinajstić information content (AvgIpc) is 3.22. The van der Waals surface area contributed by atoms with Gasteiger partial charge in [0, 0.05) is 25.3 Å². The van der Waals surface area contributed by atoms with E-state index in [4.69, 9.17) is 18.9 Å². The summed E-state index contributed by atoms with van der Waals surface area (Å²) in [6, 6.07) is 49.7. The van der Waals surface area contributed by atoms with Gasteiger partial charge in [0.25, 0.3) is 0 Å². The van der Waals surface area contributed by atoms with Crippen molar-refractivity contribution in [3.8, 4) is 17.2 Å². The van der Waals surface area contributed by atoms with Gasteiger partial charge in [-0.05, 0) is 102 Å². The quantitative estimate of drug-likeness (QED) is 0.0493. The lowest BCUT2D eigenvalue weighted by Gasteiger charge is -2.34. The Morgan fingerprint density at radius 1 is 0.500 bits per heavy atom. The average molecular weight is 885 g/mol. The molecule has 0 atom stereocenters. The van der Waals surface area contributed by atoms with E-state index in [1.54, 1.807) is 21.3 Å². The fourth-order valence-corrected chi connectivity index (χ4v) is 8.36. The van der Waals surface area contributed by atoms with Crippen molar-refractivity contribution >= 4 is 31.8 Å². The van der Waals surface area contributed by atoms with Crippen LogP contribution in [-0.4, -0.2) is 57.6 Å². The molecular formula is C42H33F9O7S2. The molecule has 18 heteroatoms. The number of ether oxygens (including phenoxy) is 4. The summed E-state index contributed by atoms with van der Waals surface area (Å²) in [5, 5.41) is -4.96. The normalized spacial score (nSPS) is 12.8. The zero-order valence-electron chi connectivity index (χ0n) is 31.4. The van der Waals surface area contributed by atoms with E-state index in [2.05, 4.69) is 84.9 Å². The van der Waals surface area contributed by atoms with Crippen LogP contribution < -0.4 is 9.47 Å². The molecule has 0 aromatic heterocycles. The van der Waals surface area contributed by atoms with Gasteiger partial charge >= 0.3 is 23.3 Å². The molecule has 0 aliphatic carbocycles. The van der Waals surface area contributed by atoms with E-state index in [0.717, 1.165) is 39.1 Å². The van der Waals surface area contributed by atoms with Crippen LogP contribution in [-0.2, 0) is 36.3 Å². The maximum absolute atomic E-state index is 12.2. The van der Waals surface area contributed by atoms with E-state index >= 15 is 0 Å². The smallest absolute Gasteiger partial charge is 0.460 e. The molecular weight excluding hydrogens is 852 g/mol. The van der Waals surface area contributed by atoms with E-state index in [9.17, 15) is 52.5 Å². The van der Waals surface area contributed by atoms with Gasteiger partial charge in [-0.1, -0.05) is 54.6 Å². The molecule has 0 saturated carbocycles. The topological polar surface area (TPSA) is 94.1 Å². The molecule has 0 amide bonds. The van der Waals surface area contributed by atoms with E-state index in [-0.39, 0.29) is 10.9 Å². The van der Waals surface area contributed by atoms with E-state index in [1.807, 2.05) is 60.7 Å². The zero-order valence-corrected chi connectivity index (χ0v) is 33.1. The summed E-state index contributed by atoms with van der Waals surface area (Å²) < 4.78 is 159. The van der Waals surface area contributed by atoms with Crippen LogP contribution in [0.2, 0.25) is 0 Å². The number of hydrogen-bond acceptors (Lipinski definition) is 7. The zero-order chi connectivity index (χ0) is 44.1. The molecule has 318 valence electrons. The Balaban J connectivity index is 0.000000341. The number of alkyl halides is 9. The number of fused-ring (bicyclic) bond motifs is 1. The molecule has 6 rings (SSSR count). The van der Waals surface area contributed by atoms with Gasteiger partial charge < -0.3 is 23.5 Å². The first kappa shape index (κ1) is 45.8. The summed E-state index contributed by atoms with van der Waals surface area (Å²) in [6.07, 6.45) is -7.16. The van der Waals surface area contributed by atoms with Gasteiger partial charge in [-0.2, -0.15) is 39.5 Å². The standard InChI is InChI=1S/C38H33O4S.C4HF9O3S/c1-39-34-19-15-28-26-31(16-14-29(28)27-34)38(40-2,41-3)30-17-20-32(21-18-30)42-33-22-24-37(25-23-33)43(35-10-6-4-7-11-35)36-12-8-5-9-13-36;5-1(6,3(9,10)11)2(7,8)4(12,13)17(14,15)16/h4-27H,1-3H3;(H,14,15,16)/q+1;/p-1. The second-order valence-electron chi connectivity index (χ2n) is 12.6. The van der Waals surface area contributed by atoms with Gasteiger partial charge in [-0.25, -0.2) is 8.42 Å². The fourth-order valence-electron chi connectivity index (χ4n) is 5.84. The van der Waals surface area contributed by atoms with Crippen molar-refractivity contribution in [2.24, 2.45) is 0 Å². The van der Waals surface area contributed by atoms with Crippen molar-refractivity contribution in [2.75, 3.05) is 21.3 Å². The summed E-state index contributed by atoms with van der Waals surface area (Å²) in [5.74, 6) is -13.6. The van der Waals surface area contributed by atoms with E-state index in [1.165, 1.54) is 14.7 Å². The van der Waals surface area contributed by atoms with Crippen LogP contribution >= 0.6 is 0 Å². The van der Waals surface area contributed by atoms with E-state index in [0.29, 0.717) is 0 Å². The second-order valence-corrected chi connectivity index (χ2v) is 16.0. The summed E-state index contributed by atoms with van der Waals surface area (Å²) in [5.41, 5.74) is 1.76. The number of benzene rings is 6. The molecule has 0 spiro atoms. The Morgan fingerprint density at radius 2 is 0.917 bits per heavy atom. The van der Waals surface area contributed by atoms with Gasteiger partial charge in [0.15, 0.2) is 24.8 Å². The minimum atomic E-state index is -7.43. The molecule has 6 aromatic carbocycles. The van der Waals surface area contributed by atoms with Crippen molar-refractivity contribution in [1.29, 1.82) is 0 Å². The highest BCUT2D eigenvalue weighted by atomic mass is 32.2. The number of rotatable bonds is 13. The number of hydrogen-bond donors (Lipinski definition) is 0. The summed E-state index contributed by atoms with van der Waals surface area (Å²) in [4.78, 5) is 3.80. The van der Waals surface area contributed by atoms with Crippen LogP contribution in [0.3, 0.4) is 0 Å². The van der Waals surface area contributed by atoms with Crippen LogP contribution in [0, 0.1) is 0 Å². The molecule has 0 aliphatic heterocycles. The van der Waals surface area contributed by atoms with Gasteiger partial charge in [-0.15, -0.1) is 0 Å². The molecule has 0 bridgehead atoms. The first-order valence-electron chi connectivity index (χ1n) is 17.2. The monoisotopic (exact) mass is 884 g/mol. The Kier molecular flexibility index (Phi) is 13.6. The molecule has 0 unspecified atom stereocenters. The minimum Gasteiger partial charge on any atom is -0.743 e. The van der Waals surface area contributed by atoms with Crippen molar-refractivity contribution in [2.45, 2.75) is 43.7 Å². The number of halogens is 9. The van der Waals surface area contributed by atoms with Crippen LogP contribution in [0.15, 0.2) is 160 Å². The lowest BCUT2D eigenvalue weighted by molar-refractivity contribution is -0.382. The van der Waals surface area contributed by atoms with Crippen LogP contribution in [0.25, 0.3) is 10.8 Å². The summed E-state index contributed by atoms with van der Waals surface area (Å²) >= 11 is 0. The minimum absolute atomic E-state index is 0.203. The third kappa shape index (κ3) is 9.07. The molecule has 0 fully saturated rings. The third-order valence-corrected chi connectivity index (χ3v) is 12.0. The Labute approximate surface area is 341 Å². The van der Waals surface area contributed by atoms with Gasteiger partial charge in [0.05, 0.1) is 18.0 Å². The second kappa shape index (κ2) is 17.8. The third-order valence-electron chi connectivity index (χ3n) is 8.92. The predicted octanol–water partition coefficient (Wildman–Crippen LogP) is 11.2. The largest absolute Gasteiger partial charge is 0.743 e. The Morgan fingerprint density at radius 3 is 1.37 bits per heavy atom. The lowest BCUT2D eigenvalue weighted by atomic mass is 9.94. The fraction of sp³-hybridized carbons (Fsp3) is 0.190. The van der Waals surface area contributed by atoms with Crippen LogP contribution in [0.1, 0.15) is 11.1 Å². The molecule has 0 radical (unpaired) electrons. The van der Waals surface area contributed by atoms with Gasteiger partial charge in [-0.3, -0.25) is 0 Å². The maximum atomic E-state index is 12.2. The molecule has 0 heterocycles. The van der Waals surface area contributed by atoms with E-state index < -0.39 is 39.2 Å². The lowest BCUT2D eigenvalue weighted by Crippen LogP contribution is -2.63. The number of methoxy groups -OCH3 is 3. The molecule has 6 aromatic rings. The first-order valence-corrected chi connectivity index (χ1v) is 19.8. The highest BCUT2D eigenvalue weighted by molar-refractivity contribution is 7.97. The van der Waals surface area contributed by atoms with Gasteiger partial charge in [0.2, 0.25) is 5.79 Å². The van der Waals surface area contributed by atoms with Crippen molar-refractivity contribution in [3.05, 3.63) is 157 Å². The van der Waals surface area contributed by atoms with Crippen LogP contribution in [0.4, 0.5) is 39.5 Å². The van der Waals surface area contributed by atoms with Crippen molar-refractivity contribution < 1.29 is 71.4 Å². The van der Waals surface area contributed by atoms with Crippen molar-refractivity contribution in [1.82, 2.24) is 0 Å². The summed E-state index contributed by atoms with van der Waals surface area (Å²) in [6.45, 7) is 0. The highest BCUT2D eigenvalue weighted by Gasteiger charge is 2.83. The van der Waals surface area contributed by atoms with Crippen molar-refractivity contribution in [3.63, 3.8) is 0 Å². The highest BCUT2D eigenvalue weighted by Crippen LogP contribution is 2.54. The first-order chi connectivity index (χ1) is 28.1. The maximum Gasteiger partial charge on any atom is 0.460 e. The Hall–Kier alpha value is -5.27.